The molecule has 0 aromatic carbocycles. The fraction of sp³-hybridized carbons (Fsp3) is 1.00. The molecule has 1 aliphatic rings. The molecule has 0 saturated carbocycles. The van der Waals surface area contributed by atoms with Gasteiger partial charge in [0, 0.05) is 0 Å². The van der Waals surface area contributed by atoms with E-state index in [0.717, 1.165) is 0 Å². The van der Waals surface area contributed by atoms with Gasteiger partial charge in [0.2, 0.25) is 0 Å². The van der Waals surface area contributed by atoms with E-state index in [2.05, 4.69) is 30.4 Å². The van der Waals surface area contributed by atoms with Gasteiger partial charge in [-0.2, -0.15) is 0 Å². The Balaban J connectivity index is 2.59. The molecule has 0 spiro atoms. The molecular weight excluding hydrogens is 154 g/mol. The zero-order valence-corrected chi connectivity index (χ0v) is 9.80. The quantitative estimate of drug-likeness (QED) is 0.547. The van der Waals surface area contributed by atoms with Gasteiger partial charge in [0.25, 0.3) is 0 Å². The lowest BCUT2D eigenvalue weighted by atomic mass is 10.5. The summed E-state index contributed by atoms with van der Waals surface area (Å²) in [5, 5.41) is 0. The first kappa shape index (κ1) is 8.49. The van der Waals surface area contributed by atoms with Crippen molar-refractivity contribution in [2.75, 3.05) is 6.54 Å². The van der Waals surface area contributed by atoms with Gasteiger partial charge in [-0.05, 0) is 19.0 Å². The summed E-state index contributed by atoms with van der Waals surface area (Å²) in [4.78, 5) is 0. The van der Waals surface area contributed by atoms with E-state index in [4.69, 9.17) is 0 Å². The number of hydrogen-bond acceptors (Lipinski definition) is 1. The predicted molar refractivity (Wildman–Crippen MR) is 52.5 cm³/mol. The highest BCUT2D eigenvalue weighted by Crippen LogP contribution is 2.26. The monoisotopic (exact) mass is 173 g/mol. The van der Waals surface area contributed by atoms with Gasteiger partial charge in [0.05, 0.1) is 8.96 Å². The summed E-state index contributed by atoms with van der Waals surface area (Å²) in [5.41, 5.74) is 0. The van der Waals surface area contributed by atoms with Crippen LogP contribution in [0.4, 0.5) is 0 Å². The second-order valence-corrected chi connectivity index (χ2v) is 12.2. The molecular formula is C7H19NSi2. The molecule has 0 atom stereocenters. The largest absolute Gasteiger partial charge is 0.348 e. The van der Waals surface area contributed by atoms with Crippen LogP contribution in [0.2, 0.25) is 32.2 Å². The minimum Gasteiger partial charge on any atom is -0.348 e. The Morgan fingerprint density at radius 3 is 2.10 bits per heavy atom. The lowest BCUT2D eigenvalue weighted by Crippen LogP contribution is -2.49. The molecule has 60 valence electrons. The molecule has 1 fully saturated rings. The lowest BCUT2D eigenvalue weighted by molar-refractivity contribution is 0.681. The Morgan fingerprint density at radius 1 is 1.30 bits per heavy atom. The van der Waals surface area contributed by atoms with E-state index < -0.39 is 17.2 Å². The maximum atomic E-state index is 2.87. The highest BCUT2D eigenvalue weighted by atomic mass is 28.4. The predicted octanol–water partition coefficient (Wildman–Crippen LogP) is 1.88. The molecule has 1 aliphatic heterocycles. The van der Waals surface area contributed by atoms with Gasteiger partial charge in [-0.3, -0.25) is 0 Å². The maximum Gasteiger partial charge on any atom is 0.115 e. The van der Waals surface area contributed by atoms with Crippen LogP contribution in [0.3, 0.4) is 0 Å². The summed E-state index contributed by atoms with van der Waals surface area (Å²) >= 11 is 0. The average molecular weight is 173 g/mol. The van der Waals surface area contributed by atoms with Crippen LogP contribution in [-0.4, -0.2) is 28.0 Å². The van der Waals surface area contributed by atoms with Gasteiger partial charge in [0.15, 0.2) is 0 Å². The van der Waals surface area contributed by atoms with Crippen LogP contribution in [0.5, 0.6) is 0 Å². The van der Waals surface area contributed by atoms with Gasteiger partial charge in [-0.25, -0.2) is 0 Å². The van der Waals surface area contributed by atoms with Crippen LogP contribution < -0.4 is 0 Å². The summed E-state index contributed by atoms with van der Waals surface area (Å²) < 4.78 is 2.87. The molecule has 0 bridgehead atoms. The van der Waals surface area contributed by atoms with Crippen molar-refractivity contribution in [1.82, 2.24) is 4.23 Å². The molecule has 3 heteroatoms. The second-order valence-electron chi connectivity index (χ2n) is 4.20. The lowest BCUT2D eigenvalue weighted by Gasteiger charge is -2.32. The molecule has 0 aromatic heterocycles. The van der Waals surface area contributed by atoms with Crippen molar-refractivity contribution in [3.05, 3.63) is 0 Å². The zero-order chi connectivity index (χ0) is 7.78. The second kappa shape index (κ2) is 2.79. The Hall–Kier alpha value is 0.394. The highest BCUT2D eigenvalue weighted by molar-refractivity contribution is 6.83. The summed E-state index contributed by atoms with van der Waals surface area (Å²) in [6.45, 7) is 11.4. The number of rotatable bonds is 1. The molecule has 1 nitrogen and oxygen atoms in total. The van der Waals surface area contributed by atoms with Crippen molar-refractivity contribution >= 4 is 17.2 Å². The van der Waals surface area contributed by atoms with Crippen LogP contribution in [-0.2, 0) is 0 Å². The molecule has 0 unspecified atom stereocenters. The summed E-state index contributed by atoms with van der Waals surface area (Å²) in [6, 6.07) is 1.54. The number of nitrogens with zero attached hydrogens (tertiary/aromatic N) is 1. The molecule has 0 aromatic rings. The highest BCUT2D eigenvalue weighted by Gasteiger charge is 2.35. The first-order chi connectivity index (χ1) is 4.54. The van der Waals surface area contributed by atoms with Crippen LogP contribution >= 0.6 is 0 Å². The Morgan fingerprint density at radius 2 is 1.90 bits per heavy atom. The molecule has 1 rings (SSSR count). The van der Waals surface area contributed by atoms with Crippen molar-refractivity contribution in [3.63, 3.8) is 0 Å². The fourth-order valence-corrected chi connectivity index (χ4v) is 10.8. The maximum absolute atomic E-state index is 2.87. The van der Waals surface area contributed by atoms with Crippen molar-refractivity contribution in [2.24, 2.45) is 0 Å². The van der Waals surface area contributed by atoms with Crippen molar-refractivity contribution in [3.8, 4) is 0 Å². The average Bonchev–Trinajstić information content (AvgIpc) is 2.08. The smallest absolute Gasteiger partial charge is 0.115 e. The van der Waals surface area contributed by atoms with Gasteiger partial charge in [-0.15, -0.1) is 0 Å². The topological polar surface area (TPSA) is 3.24 Å². The van der Waals surface area contributed by atoms with E-state index in [1.807, 2.05) is 0 Å². The first-order valence-corrected chi connectivity index (χ1v) is 10.3. The normalized spacial score (nSPS) is 26.1. The van der Waals surface area contributed by atoms with E-state index in [-0.39, 0.29) is 0 Å². The third-order valence-corrected chi connectivity index (χ3v) is 11.1. The minimum absolute atomic E-state index is 0.453. The molecule has 0 aliphatic carbocycles. The zero-order valence-electron chi connectivity index (χ0n) is 7.65. The summed E-state index contributed by atoms with van der Waals surface area (Å²) in [5.74, 6) is 0. The molecule has 1 saturated heterocycles. The molecule has 0 N–H and O–H groups in total. The van der Waals surface area contributed by atoms with Gasteiger partial charge >= 0.3 is 0 Å². The van der Waals surface area contributed by atoms with Crippen molar-refractivity contribution in [1.29, 1.82) is 0 Å². The van der Waals surface area contributed by atoms with E-state index in [1.54, 1.807) is 0 Å². The van der Waals surface area contributed by atoms with Crippen LogP contribution in [0.1, 0.15) is 6.42 Å². The van der Waals surface area contributed by atoms with E-state index in [9.17, 15) is 0 Å². The van der Waals surface area contributed by atoms with Crippen LogP contribution in [0.15, 0.2) is 0 Å². The molecule has 0 amide bonds. The molecule has 10 heavy (non-hydrogen) atoms. The van der Waals surface area contributed by atoms with Crippen molar-refractivity contribution < 1.29 is 0 Å². The fourth-order valence-electron chi connectivity index (χ4n) is 2.09. The van der Waals surface area contributed by atoms with Gasteiger partial charge in [-0.1, -0.05) is 26.2 Å². The van der Waals surface area contributed by atoms with E-state index >= 15 is 0 Å². The summed E-state index contributed by atoms with van der Waals surface area (Å²) in [7, 11) is -1.29. The van der Waals surface area contributed by atoms with Gasteiger partial charge < -0.3 is 4.23 Å². The van der Waals surface area contributed by atoms with E-state index in [1.165, 1.54) is 19.0 Å². The van der Waals surface area contributed by atoms with Crippen LogP contribution in [0, 0.1) is 0 Å². The van der Waals surface area contributed by atoms with Crippen molar-refractivity contribution in [2.45, 2.75) is 38.7 Å². The molecule has 1 heterocycles. The molecule has 0 radical (unpaired) electrons. The third kappa shape index (κ3) is 1.52. The Kier molecular flexibility index (Phi) is 2.37. The summed E-state index contributed by atoms with van der Waals surface area (Å²) in [6.07, 6.45) is 1.48. The minimum atomic E-state index is -0.838. The number of hydrogen-bond donors (Lipinski definition) is 0. The van der Waals surface area contributed by atoms with E-state index in [0.29, 0.717) is 0 Å². The Labute approximate surface area is 67.2 Å². The Bertz CT molecular complexity index is 123. The SMILES string of the molecule is C[SiH](C)N1CCC[Si]1(C)C. The van der Waals surface area contributed by atoms with Gasteiger partial charge in [0.1, 0.15) is 8.24 Å². The first-order valence-electron chi connectivity index (χ1n) is 4.31. The standard InChI is InChI=1S/C7H19NSi2/c1-9(2)8-6-5-7-10(8,3)4/h9H,5-7H2,1-4H3. The third-order valence-electron chi connectivity index (χ3n) is 2.59. The van der Waals surface area contributed by atoms with Crippen LogP contribution in [0.25, 0.3) is 0 Å².